The Bertz CT molecular complexity index is 1220. The molecule has 29 heavy (non-hydrogen) atoms. The maximum Gasteiger partial charge on any atom is 0.385 e. The van der Waals surface area contributed by atoms with Gasteiger partial charge in [-0.3, -0.25) is 0 Å². The smallest absolute Gasteiger partial charge is 0.385 e. The largest absolute Gasteiger partial charge is 0.867 e. The number of aromatic nitrogens is 1. The first kappa shape index (κ1) is 19.6. The molecule has 0 amide bonds. The quantitative estimate of drug-likeness (QED) is 0.401. The summed E-state index contributed by atoms with van der Waals surface area (Å²) in [5.74, 6) is -2.99. The minimum atomic E-state index is -0.808. The number of rotatable bonds is 4. The molecule has 1 aromatic heterocycles. The number of methoxy groups -OCH3 is 2. The molecule has 0 aliphatic rings. The van der Waals surface area contributed by atoms with Crippen LogP contribution < -0.4 is 5.11 Å². The molecule has 0 aliphatic carbocycles. The first-order valence-electron chi connectivity index (χ1n) is 8.40. The zero-order chi connectivity index (χ0) is 21.3. The zero-order valence-electron chi connectivity index (χ0n) is 15.7. The molecule has 0 bridgehead atoms. The highest BCUT2D eigenvalue weighted by atomic mass is 16.5. The maximum atomic E-state index is 12.8. The molecule has 0 spiro atoms. The van der Waals surface area contributed by atoms with E-state index in [0.717, 1.165) is 14.2 Å². The van der Waals surface area contributed by atoms with Crippen molar-refractivity contribution in [2.45, 2.75) is 6.92 Å². The van der Waals surface area contributed by atoms with Gasteiger partial charge in [-0.15, -0.1) is 0 Å². The number of hydrogen-bond donors (Lipinski definition) is 1. The Kier molecular flexibility index (Phi) is 5.06. The van der Waals surface area contributed by atoms with E-state index in [4.69, 9.17) is 9.47 Å². The van der Waals surface area contributed by atoms with Gasteiger partial charge in [0.2, 0.25) is 5.39 Å². The van der Waals surface area contributed by atoms with Gasteiger partial charge in [-0.05, 0) is 25.1 Å². The summed E-state index contributed by atoms with van der Waals surface area (Å²) in [6.45, 7) is 1.74. The van der Waals surface area contributed by atoms with E-state index in [1.807, 2.05) is 0 Å². The molecule has 0 saturated heterocycles. The Morgan fingerprint density at radius 3 is 2.34 bits per heavy atom. The minimum absolute atomic E-state index is 0.00400. The van der Waals surface area contributed by atoms with Gasteiger partial charge in [0.05, 0.1) is 42.9 Å². The number of diazo groups is 1. The Morgan fingerprint density at radius 1 is 1.07 bits per heavy atom. The van der Waals surface area contributed by atoms with Crippen molar-refractivity contribution in [2.75, 3.05) is 20.8 Å². The van der Waals surface area contributed by atoms with Crippen LogP contribution in [-0.2, 0) is 14.2 Å². The summed E-state index contributed by atoms with van der Waals surface area (Å²) >= 11 is 0. The van der Waals surface area contributed by atoms with Gasteiger partial charge in [-0.25, -0.2) is 14.4 Å². The summed E-state index contributed by atoms with van der Waals surface area (Å²) in [4.78, 5) is 42.3. The number of nitrogens with zero attached hydrogens (tertiary/aromatic N) is 2. The summed E-state index contributed by atoms with van der Waals surface area (Å²) in [5.41, 5.74) is -0.433. The van der Waals surface area contributed by atoms with Gasteiger partial charge in [0.15, 0.2) is 4.98 Å². The second kappa shape index (κ2) is 7.47. The van der Waals surface area contributed by atoms with E-state index in [1.54, 1.807) is 6.92 Å². The number of benzene rings is 2. The molecule has 0 saturated carbocycles. The van der Waals surface area contributed by atoms with Crippen LogP contribution in [0.5, 0.6) is 5.75 Å². The Morgan fingerprint density at radius 2 is 1.76 bits per heavy atom. The van der Waals surface area contributed by atoms with Crippen LogP contribution in [0.4, 0.5) is 5.69 Å². The van der Waals surface area contributed by atoms with Crippen molar-refractivity contribution in [3.63, 3.8) is 0 Å². The fourth-order valence-electron chi connectivity index (χ4n) is 3.10. The first-order chi connectivity index (χ1) is 13.9. The van der Waals surface area contributed by atoms with E-state index in [9.17, 15) is 24.9 Å². The molecular weight excluding hydrogens is 382 g/mol. The third kappa shape index (κ3) is 3.08. The fourth-order valence-corrected chi connectivity index (χ4v) is 3.10. The van der Waals surface area contributed by atoms with Gasteiger partial charge in [-0.1, -0.05) is 0 Å². The van der Waals surface area contributed by atoms with Crippen molar-refractivity contribution in [1.29, 1.82) is 5.39 Å². The standard InChI is InChI=1S/C19H15N3O7/c1-4-29-19(26)12-7-11-14(21-12)13-9(15(22-20)16(11)23)5-8(17(24)27-2)6-10(13)18(25)28-3/h5-7,20H,4H2,1-3H3. The van der Waals surface area contributed by atoms with Gasteiger partial charge in [0.25, 0.3) is 0 Å². The van der Waals surface area contributed by atoms with E-state index in [1.165, 1.54) is 18.2 Å². The van der Waals surface area contributed by atoms with Crippen molar-refractivity contribution < 1.29 is 33.7 Å². The predicted molar refractivity (Wildman–Crippen MR) is 98.6 cm³/mol. The van der Waals surface area contributed by atoms with Crippen molar-refractivity contribution >= 4 is 45.3 Å². The summed E-state index contributed by atoms with van der Waals surface area (Å²) in [5, 5.41) is 22.4. The van der Waals surface area contributed by atoms with Crippen LogP contribution in [0.25, 0.3) is 26.7 Å². The first-order valence-corrected chi connectivity index (χ1v) is 8.40. The lowest BCUT2D eigenvalue weighted by Crippen LogP contribution is -2.08. The van der Waals surface area contributed by atoms with Gasteiger partial charge in [0.1, 0.15) is 5.69 Å². The predicted octanol–water partition coefficient (Wildman–Crippen LogP) is 2.63. The van der Waals surface area contributed by atoms with Crippen LogP contribution in [0, 0.1) is 5.39 Å². The van der Waals surface area contributed by atoms with Crippen LogP contribution in [0.2, 0.25) is 0 Å². The van der Waals surface area contributed by atoms with Crippen molar-refractivity contribution in [1.82, 2.24) is 4.98 Å². The summed E-state index contributed by atoms with van der Waals surface area (Å²) in [6, 6.07) is 3.74. The highest BCUT2D eigenvalue weighted by molar-refractivity contribution is 6.23. The molecule has 0 atom stereocenters. The Balaban J connectivity index is 2.52. The number of H-pyrrole nitrogens is 1. The molecule has 3 aromatic rings. The number of nitrogens with one attached hydrogen (secondary N) is 1. The molecule has 10 nitrogen and oxygen atoms in total. The van der Waals surface area contributed by atoms with E-state index in [2.05, 4.69) is 14.7 Å². The van der Waals surface area contributed by atoms with Gasteiger partial charge >= 0.3 is 23.6 Å². The molecule has 0 unspecified atom stereocenters. The highest BCUT2D eigenvalue weighted by Gasteiger charge is 2.27. The number of carbonyl (C=O) groups is 3. The fraction of sp³-hybridized carbons (Fsp3) is 0.211. The topological polar surface area (TPSA) is 146 Å². The minimum Gasteiger partial charge on any atom is -0.867 e. The molecular formula is C19H15N3O7. The van der Waals surface area contributed by atoms with Gasteiger partial charge < -0.3 is 24.3 Å². The number of ether oxygens (including phenoxy) is 3. The van der Waals surface area contributed by atoms with Crippen LogP contribution >= 0.6 is 0 Å². The van der Waals surface area contributed by atoms with Crippen LogP contribution in [0.1, 0.15) is 38.1 Å². The number of hydrogen-bond acceptors (Lipinski definition) is 8. The highest BCUT2D eigenvalue weighted by Crippen LogP contribution is 2.43. The summed E-state index contributed by atoms with van der Waals surface area (Å²) in [7, 11) is 2.30. The molecule has 1 N–H and O–H groups in total. The average Bonchev–Trinajstić information content (AvgIpc) is 3.18. The normalized spacial score (nSPS) is 10.6. The third-order valence-corrected chi connectivity index (χ3v) is 4.34. The molecule has 0 fully saturated rings. The zero-order valence-corrected chi connectivity index (χ0v) is 15.7. The Hall–Kier alpha value is -4.13. The van der Waals surface area contributed by atoms with Crippen molar-refractivity contribution in [2.24, 2.45) is 0 Å². The summed E-state index contributed by atoms with van der Waals surface area (Å²) < 4.78 is 14.4. The lowest BCUT2D eigenvalue weighted by molar-refractivity contribution is -0.264. The van der Waals surface area contributed by atoms with Crippen LogP contribution in [-0.4, -0.2) is 43.7 Å². The van der Waals surface area contributed by atoms with E-state index in [-0.39, 0.29) is 45.1 Å². The molecule has 0 aliphatic heterocycles. The third-order valence-electron chi connectivity index (χ3n) is 4.34. The number of carbonyl (C=O) groups excluding carboxylic acids is 3. The number of fused-ring (bicyclic) bond motifs is 3. The van der Waals surface area contributed by atoms with Crippen molar-refractivity contribution in [3.05, 3.63) is 40.0 Å². The van der Waals surface area contributed by atoms with Gasteiger partial charge in [-0.2, -0.15) is 0 Å². The van der Waals surface area contributed by atoms with E-state index in [0.29, 0.717) is 0 Å². The molecule has 148 valence electrons. The average molecular weight is 397 g/mol. The Labute approximate surface area is 163 Å². The van der Waals surface area contributed by atoms with Crippen LogP contribution in [0.15, 0.2) is 18.2 Å². The van der Waals surface area contributed by atoms with Crippen molar-refractivity contribution in [3.8, 4) is 5.75 Å². The molecule has 0 radical (unpaired) electrons. The monoisotopic (exact) mass is 397 g/mol. The summed E-state index contributed by atoms with van der Waals surface area (Å²) in [6.07, 6.45) is 0. The second-order valence-corrected chi connectivity index (χ2v) is 5.90. The lowest BCUT2D eigenvalue weighted by atomic mass is 9.96. The van der Waals surface area contributed by atoms with E-state index >= 15 is 0 Å². The lowest BCUT2D eigenvalue weighted by Gasteiger charge is -2.12. The molecule has 10 heteroatoms. The molecule has 3 rings (SSSR count). The van der Waals surface area contributed by atoms with Crippen LogP contribution in [0.3, 0.4) is 0 Å². The SMILES string of the molecule is CCOC(=O)c1cc2c([O-])c([N+]#N)c3cc(C(=O)OC)cc(C(=O)OC)c3c2[nH]1. The van der Waals surface area contributed by atoms with Gasteiger partial charge in [0, 0.05) is 16.5 Å². The number of esters is 3. The maximum absolute atomic E-state index is 12.8. The number of aromatic amines is 1. The molecule has 2 aromatic carbocycles. The second-order valence-electron chi connectivity index (χ2n) is 5.90. The van der Waals surface area contributed by atoms with E-state index < -0.39 is 29.3 Å². The molecule has 1 heterocycles.